The van der Waals surface area contributed by atoms with Gasteiger partial charge in [0.2, 0.25) is 0 Å². The van der Waals surface area contributed by atoms with Gasteiger partial charge in [0.15, 0.2) is 5.16 Å². The molecule has 0 amide bonds. The SMILES string of the molecule is Cn1ccnc1SCC(N)c1cccc(F)c1. The van der Waals surface area contributed by atoms with Crippen LogP contribution in [-0.2, 0) is 7.05 Å². The van der Waals surface area contributed by atoms with Crippen LogP contribution >= 0.6 is 11.8 Å². The summed E-state index contributed by atoms with van der Waals surface area (Å²) in [6.07, 6.45) is 3.63. The molecule has 1 atom stereocenters. The van der Waals surface area contributed by atoms with E-state index in [1.54, 1.807) is 24.0 Å². The smallest absolute Gasteiger partial charge is 0.167 e. The minimum atomic E-state index is -0.250. The summed E-state index contributed by atoms with van der Waals surface area (Å²) in [5.41, 5.74) is 6.82. The summed E-state index contributed by atoms with van der Waals surface area (Å²) in [6, 6.07) is 6.22. The normalized spacial score (nSPS) is 12.6. The Kier molecular flexibility index (Phi) is 3.81. The van der Waals surface area contributed by atoms with Crippen molar-refractivity contribution in [3.05, 3.63) is 48.0 Å². The van der Waals surface area contributed by atoms with Crippen molar-refractivity contribution in [2.75, 3.05) is 5.75 Å². The Morgan fingerprint density at radius 1 is 1.53 bits per heavy atom. The van der Waals surface area contributed by atoms with Crippen molar-refractivity contribution in [3.63, 3.8) is 0 Å². The van der Waals surface area contributed by atoms with Gasteiger partial charge in [-0.05, 0) is 17.7 Å². The van der Waals surface area contributed by atoms with E-state index >= 15 is 0 Å². The van der Waals surface area contributed by atoms with Gasteiger partial charge in [0, 0.05) is 31.2 Å². The lowest BCUT2D eigenvalue weighted by Gasteiger charge is -2.11. The molecular weight excluding hydrogens is 237 g/mol. The van der Waals surface area contributed by atoms with Crippen LogP contribution in [-0.4, -0.2) is 15.3 Å². The highest BCUT2D eigenvalue weighted by Crippen LogP contribution is 2.21. The molecule has 17 heavy (non-hydrogen) atoms. The van der Waals surface area contributed by atoms with Gasteiger partial charge in [-0.25, -0.2) is 9.37 Å². The first kappa shape index (κ1) is 12.1. The Bertz CT molecular complexity index is 498. The summed E-state index contributed by atoms with van der Waals surface area (Å²) in [5, 5.41) is 0.914. The van der Waals surface area contributed by atoms with Crippen LogP contribution in [0.15, 0.2) is 41.8 Å². The molecule has 3 nitrogen and oxygen atoms in total. The first-order valence-electron chi connectivity index (χ1n) is 5.28. The van der Waals surface area contributed by atoms with E-state index in [9.17, 15) is 4.39 Å². The third-order valence-corrected chi connectivity index (χ3v) is 3.62. The van der Waals surface area contributed by atoms with E-state index < -0.39 is 0 Å². The van der Waals surface area contributed by atoms with Crippen LogP contribution in [0.25, 0.3) is 0 Å². The highest BCUT2D eigenvalue weighted by molar-refractivity contribution is 7.99. The molecule has 0 aliphatic rings. The van der Waals surface area contributed by atoms with Gasteiger partial charge < -0.3 is 10.3 Å². The van der Waals surface area contributed by atoms with Crippen LogP contribution in [0.4, 0.5) is 4.39 Å². The Labute approximate surface area is 104 Å². The van der Waals surface area contributed by atoms with Crippen molar-refractivity contribution in [3.8, 4) is 0 Å². The van der Waals surface area contributed by atoms with Gasteiger partial charge in [-0.15, -0.1) is 0 Å². The second-order valence-electron chi connectivity index (χ2n) is 3.79. The summed E-state index contributed by atoms with van der Waals surface area (Å²) in [7, 11) is 1.93. The van der Waals surface area contributed by atoms with Crippen LogP contribution in [0, 0.1) is 5.82 Å². The molecule has 2 rings (SSSR count). The zero-order valence-electron chi connectivity index (χ0n) is 9.51. The molecule has 1 aromatic heterocycles. The van der Waals surface area contributed by atoms with Crippen LogP contribution in [0.3, 0.4) is 0 Å². The summed E-state index contributed by atoms with van der Waals surface area (Å²) in [5.74, 6) is 0.425. The molecule has 0 saturated heterocycles. The van der Waals surface area contributed by atoms with Gasteiger partial charge in [-0.3, -0.25) is 0 Å². The standard InChI is InChI=1S/C12H14FN3S/c1-16-6-5-15-12(16)17-8-11(14)9-3-2-4-10(13)7-9/h2-7,11H,8,14H2,1H3. The fraction of sp³-hybridized carbons (Fsp3) is 0.250. The van der Waals surface area contributed by atoms with E-state index in [4.69, 9.17) is 5.73 Å². The van der Waals surface area contributed by atoms with E-state index in [1.165, 1.54) is 12.1 Å². The van der Waals surface area contributed by atoms with Crippen molar-refractivity contribution in [2.45, 2.75) is 11.2 Å². The quantitative estimate of drug-likeness (QED) is 0.848. The Balaban J connectivity index is 1.98. The Morgan fingerprint density at radius 2 is 2.35 bits per heavy atom. The Hall–Kier alpha value is -1.33. The number of imidazole rings is 1. The minimum Gasteiger partial charge on any atom is -0.329 e. The van der Waals surface area contributed by atoms with Crippen molar-refractivity contribution in [1.29, 1.82) is 0 Å². The number of hydrogen-bond donors (Lipinski definition) is 1. The van der Waals surface area contributed by atoms with Gasteiger partial charge in [-0.1, -0.05) is 23.9 Å². The molecule has 5 heteroatoms. The molecule has 0 saturated carbocycles. The molecule has 1 heterocycles. The first-order valence-corrected chi connectivity index (χ1v) is 6.26. The van der Waals surface area contributed by atoms with Crippen LogP contribution in [0.5, 0.6) is 0 Å². The molecule has 1 unspecified atom stereocenters. The molecule has 2 N–H and O–H groups in total. The van der Waals surface area contributed by atoms with Crippen molar-refractivity contribution < 1.29 is 4.39 Å². The average molecular weight is 251 g/mol. The van der Waals surface area contributed by atoms with E-state index in [2.05, 4.69) is 4.98 Å². The lowest BCUT2D eigenvalue weighted by molar-refractivity contribution is 0.622. The summed E-state index contributed by atoms with van der Waals surface area (Å²) in [4.78, 5) is 4.20. The minimum absolute atomic E-state index is 0.188. The van der Waals surface area contributed by atoms with Crippen molar-refractivity contribution >= 4 is 11.8 Å². The third-order valence-electron chi connectivity index (χ3n) is 2.45. The van der Waals surface area contributed by atoms with E-state index in [-0.39, 0.29) is 11.9 Å². The van der Waals surface area contributed by atoms with Crippen LogP contribution in [0.1, 0.15) is 11.6 Å². The number of aromatic nitrogens is 2. The molecule has 0 spiro atoms. The highest BCUT2D eigenvalue weighted by Gasteiger charge is 2.09. The summed E-state index contributed by atoms with van der Waals surface area (Å²) in [6.45, 7) is 0. The van der Waals surface area contributed by atoms with E-state index in [0.29, 0.717) is 5.75 Å². The molecule has 0 bridgehead atoms. The van der Waals surface area contributed by atoms with Crippen molar-refractivity contribution in [1.82, 2.24) is 9.55 Å². The molecule has 0 aliphatic heterocycles. The van der Waals surface area contributed by atoms with Crippen LogP contribution in [0.2, 0.25) is 0 Å². The molecule has 0 aliphatic carbocycles. The average Bonchev–Trinajstić information content (AvgIpc) is 2.72. The fourth-order valence-electron chi connectivity index (χ4n) is 1.49. The number of aryl methyl sites for hydroxylation is 1. The van der Waals surface area contributed by atoms with Gasteiger partial charge in [0.05, 0.1) is 0 Å². The fourth-order valence-corrected chi connectivity index (χ4v) is 2.41. The number of halogens is 1. The highest BCUT2D eigenvalue weighted by atomic mass is 32.2. The Morgan fingerprint density at radius 3 is 3.00 bits per heavy atom. The van der Waals surface area contributed by atoms with Gasteiger partial charge in [-0.2, -0.15) is 0 Å². The predicted octanol–water partition coefficient (Wildman–Crippen LogP) is 2.35. The van der Waals surface area contributed by atoms with Gasteiger partial charge in [0.1, 0.15) is 5.82 Å². The second kappa shape index (κ2) is 5.33. The van der Waals surface area contributed by atoms with Gasteiger partial charge >= 0.3 is 0 Å². The summed E-state index contributed by atoms with van der Waals surface area (Å²) >= 11 is 1.57. The number of hydrogen-bond acceptors (Lipinski definition) is 3. The summed E-state index contributed by atoms with van der Waals surface area (Å²) < 4.78 is 15.0. The number of rotatable bonds is 4. The number of nitrogens with two attached hydrogens (primary N) is 1. The molecule has 0 radical (unpaired) electrons. The first-order chi connectivity index (χ1) is 8.16. The van der Waals surface area contributed by atoms with E-state index in [0.717, 1.165) is 10.7 Å². The van der Waals surface area contributed by atoms with Crippen LogP contribution < -0.4 is 5.73 Å². The number of benzene rings is 1. The number of nitrogens with zero attached hydrogens (tertiary/aromatic N) is 2. The van der Waals surface area contributed by atoms with Crippen molar-refractivity contribution in [2.24, 2.45) is 12.8 Å². The largest absolute Gasteiger partial charge is 0.329 e. The topological polar surface area (TPSA) is 43.8 Å². The third kappa shape index (κ3) is 3.08. The lowest BCUT2D eigenvalue weighted by Crippen LogP contribution is -2.13. The zero-order valence-corrected chi connectivity index (χ0v) is 10.3. The second-order valence-corrected chi connectivity index (χ2v) is 4.78. The molecule has 0 fully saturated rings. The maximum absolute atomic E-state index is 13.0. The molecule has 1 aromatic carbocycles. The molecular formula is C12H14FN3S. The van der Waals surface area contributed by atoms with Gasteiger partial charge in [0.25, 0.3) is 0 Å². The maximum Gasteiger partial charge on any atom is 0.167 e. The lowest BCUT2D eigenvalue weighted by atomic mass is 10.1. The van der Waals surface area contributed by atoms with E-state index in [1.807, 2.05) is 23.9 Å². The zero-order chi connectivity index (χ0) is 12.3. The predicted molar refractivity (Wildman–Crippen MR) is 67.3 cm³/mol. The maximum atomic E-state index is 13.0. The molecule has 90 valence electrons. The molecule has 2 aromatic rings. The monoisotopic (exact) mass is 251 g/mol. The number of thioether (sulfide) groups is 1.